The molecule has 0 unspecified atom stereocenters. The number of phenols is 1. The van der Waals surface area contributed by atoms with Gasteiger partial charge in [0.25, 0.3) is 0 Å². The van der Waals surface area contributed by atoms with Crippen molar-refractivity contribution in [1.82, 2.24) is 4.90 Å². The van der Waals surface area contributed by atoms with E-state index >= 15 is 0 Å². The summed E-state index contributed by atoms with van der Waals surface area (Å²) in [4.78, 5) is 27.6. The molecule has 1 saturated carbocycles. The lowest BCUT2D eigenvalue weighted by atomic mass is 9.91. The largest absolute Gasteiger partial charge is 0.506 e. The molecule has 0 atom stereocenters. The number of phenolic OH excluding ortho intramolecular Hbond substituents is 1. The fraction of sp³-hybridized carbons (Fsp3) is 0.364. The van der Waals surface area contributed by atoms with E-state index in [2.05, 4.69) is 21.2 Å². The molecule has 1 aliphatic carbocycles. The highest BCUT2D eigenvalue weighted by Gasteiger charge is 2.53. The number of nitrogens with zero attached hydrogens (tertiary/aromatic N) is 1. The molecule has 0 aromatic heterocycles. The number of anilines is 1. The van der Waals surface area contributed by atoms with E-state index in [4.69, 9.17) is 0 Å². The van der Waals surface area contributed by atoms with Crippen molar-refractivity contribution in [2.24, 2.45) is 5.92 Å². The number of carbonyl (C=O) groups excluding carboxylic acids is 2. The Morgan fingerprint density at radius 2 is 1.79 bits per heavy atom. The predicted molar refractivity (Wildman–Crippen MR) is 111 cm³/mol. The maximum atomic E-state index is 13.2. The van der Waals surface area contributed by atoms with E-state index in [0.29, 0.717) is 31.6 Å². The number of para-hydroxylation sites is 2. The molecular weight excluding hydrogens is 420 g/mol. The summed E-state index contributed by atoms with van der Waals surface area (Å²) in [6.07, 6.45) is 3.05. The topological polar surface area (TPSA) is 69.6 Å². The van der Waals surface area contributed by atoms with Gasteiger partial charge in [0.15, 0.2) is 0 Å². The standard InChI is InChI=1S/C22H23BrN2O3/c23-17-5-3-4-16(14-17)22(10-11-22)21(28)25-12-8-15(9-13-25)20(27)24-18-6-1-2-7-19(18)26/h1-7,14-15,26H,8-13H2,(H,24,27). The lowest BCUT2D eigenvalue weighted by molar-refractivity contribution is -0.137. The molecule has 0 bridgehead atoms. The Morgan fingerprint density at radius 1 is 1.07 bits per heavy atom. The number of aromatic hydroxyl groups is 1. The number of hydrogen-bond donors (Lipinski definition) is 2. The summed E-state index contributed by atoms with van der Waals surface area (Å²) >= 11 is 3.50. The van der Waals surface area contributed by atoms with E-state index in [-0.39, 0.29) is 28.9 Å². The first-order chi connectivity index (χ1) is 13.5. The van der Waals surface area contributed by atoms with Crippen LogP contribution in [0.4, 0.5) is 5.69 Å². The van der Waals surface area contributed by atoms with Crippen LogP contribution in [0.15, 0.2) is 53.0 Å². The second-order valence-corrected chi connectivity index (χ2v) is 8.58. The molecule has 1 aliphatic heterocycles. The van der Waals surface area contributed by atoms with Gasteiger partial charge in [-0.15, -0.1) is 0 Å². The summed E-state index contributed by atoms with van der Waals surface area (Å²) in [5, 5.41) is 12.6. The zero-order chi connectivity index (χ0) is 19.7. The van der Waals surface area contributed by atoms with Crippen molar-refractivity contribution in [3.63, 3.8) is 0 Å². The van der Waals surface area contributed by atoms with Crippen molar-refractivity contribution in [2.75, 3.05) is 18.4 Å². The Hall–Kier alpha value is -2.34. The number of rotatable bonds is 4. The van der Waals surface area contributed by atoms with Crippen LogP contribution in [0.2, 0.25) is 0 Å². The fourth-order valence-corrected chi connectivity index (χ4v) is 4.40. The van der Waals surface area contributed by atoms with Crippen molar-refractivity contribution in [3.8, 4) is 5.75 Å². The van der Waals surface area contributed by atoms with Crippen LogP contribution >= 0.6 is 15.9 Å². The quantitative estimate of drug-likeness (QED) is 0.701. The molecule has 4 rings (SSSR count). The van der Waals surface area contributed by atoms with E-state index in [9.17, 15) is 14.7 Å². The average molecular weight is 443 g/mol. The molecule has 2 aromatic carbocycles. The van der Waals surface area contributed by atoms with E-state index in [0.717, 1.165) is 22.9 Å². The molecule has 1 saturated heterocycles. The fourth-order valence-electron chi connectivity index (χ4n) is 4.00. The van der Waals surface area contributed by atoms with Crippen molar-refractivity contribution >= 4 is 33.4 Å². The summed E-state index contributed by atoms with van der Waals surface area (Å²) in [7, 11) is 0. The zero-order valence-corrected chi connectivity index (χ0v) is 17.1. The number of piperidine rings is 1. The molecule has 2 N–H and O–H groups in total. The van der Waals surface area contributed by atoms with Gasteiger partial charge in [-0.3, -0.25) is 9.59 Å². The van der Waals surface area contributed by atoms with Crippen LogP contribution in [-0.4, -0.2) is 34.9 Å². The minimum Gasteiger partial charge on any atom is -0.506 e. The van der Waals surface area contributed by atoms with Crippen LogP contribution in [0, 0.1) is 5.92 Å². The average Bonchev–Trinajstić information content (AvgIpc) is 3.51. The van der Waals surface area contributed by atoms with Gasteiger partial charge in [0.2, 0.25) is 11.8 Å². The van der Waals surface area contributed by atoms with Gasteiger partial charge in [0.05, 0.1) is 11.1 Å². The van der Waals surface area contributed by atoms with Gasteiger partial charge in [0, 0.05) is 23.5 Å². The molecule has 1 heterocycles. The highest BCUT2D eigenvalue weighted by molar-refractivity contribution is 9.10. The number of likely N-dealkylation sites (tertiary alicyclic amines) is 1. The Bertz CT molecular complexity index is 902. The van der Waals surface area contributed by atoms with Crippen LogP contribution in [0.25, 0.3) is 0 Å². The van der Waals surface area contributed by atoms with Crippen LogP contribution in [-0.2, 0) is 15.0 Å². The number of amides is 2. The first-order valence-corrected chi connectivity index (χ1v) is 10.4. The highest BCUT2D eigenvalue weighted by Crippen LogP contribution is 2.50. The third kappa shape index (κ3) is 3.65. The van der Waals surface area contributed by atoms with Crippen LogP contribution in [0.1, 0.15) is 31.2 Å². The molecule has 146 valence electrons. The van der Waals surface area contributed by atoms with Gasteiger partial charge < -0.3 is 15.3 Å². The van der Waals surface area contributed by atoms with Gasteiger partial charge in [-0.05, 0) is 55.5 Å². The van der Waals surface area contributed by atoms with Gasteiger partial charge in [-0.2, -0.15) is 0 Å². The lowest BCUT2D eigenvalue weighted by Gasteiger charge is -2.34. The molecule has 2 aliphatic rings. The van der Waals surface area contributed by atoms with E-state index in [1.807, 2.05) is 29.2 Å². The number of nitrogens with one attached hydrogen (secondary N) is 1. The molecule has 2 amide bonds. The van der Waals surface area contributed by atoms with Crippen molar-refractivity contribution in [1.29, 1.82) is 0 Å². The lowest BCUT2D eigenvalue weighted by Crippen LogP contribution is -2.45. The van der Waals surface area contributed by atoms with Crippen LogP contribution < -0.4 is 5.32 Å². The predicted octanol–water partition coefficient (Wildman–Crippen LogP) is 4.06. The van der Waals surface area contributed by atoms with Crippen LogP contribution in [0.3, 0.4) is 0 Å². The van der Waals surface area contributed by atoms with Gasteiger partial charge in [-0.25, -0.2) is 0 Å². The second kappa shape index (κ2) is 7.59. The number of benzene rings is 2. The second-order valence-electron chi connectivity index (χ2n) is 7.67. The summed E-state index contributed by atoms with van der Waals surface area (Å²) in [6.45, 7) is 1.18. The van der Waals surface area contributed by atoms with Gasteiger partial charge in [0.1, 0.15) is 5.75 Å². The minimum atomic E-state index is -0.380. The zero-order valence-electron chi connectivity index (χ0n) is 15.5. The van der Waals surface area contributed by atoms with E-state index in [1.165, 1.54) is 0 Å². The first kappa shape index (κ1) is 19.0. The molecule has 0 spiro atoms. The smallest absolute Gasteiger partial charge is 0.233 e. The van der Waals surface area contributed by atoms with Crippen LogP contribution in [0.5, 0.6) is 5.75 Å². The Morgan fingerprint density at radius 3 is 2.43 bits per heavy atom. The van der Waals surface area contributed by atoms with E-state index in [1.54, 1.807) is 24.3 Å². The molecule has 28 heavy (non-hydrogen) atoms. The Kier molecular flexibility index (Phi) is 5.15. The molecule has 0 radical (unpaired) electrons. The monoisotopic (exact) mass is 442 g/mol. The molecule has 2 fully saturated rings. The summed E-state index contributed by atoms with van der Waals surface area (Å²) in [5.74, 6) is 0.00438. The number of carbonyl (C=O) groups is 2. The number of halogens is 1. The maximum Gasteiger partial charge on any atom is 0.233 e. The summed E-state index contributed by atoms with van der Waals surface area (Å²) < 4.78 is 0.989. The number of hydrogen-bond acceptors (Lipinski definition) is 3. The summed E-state index contributed by atoms with van der Waals surface area (Å²) in [5.41, 5.74) is 1.12. The van der Waals surface area contributed by atoms with Gasteiger partial charge >= 0.3 is 0 Å². The first-order valence-electron chi connectivity index (χ1n) is 9.64. The molecule has 6 heteroatoms. The highest BCUT2D eigenvalue weighted by atomic mass is 79.9. The van der Waals surface area contributed by atoms with Crippen molar-refractivity contribution in [2.45, 2.75) is 31.1 Å². The summed E-state index contributed by atoms with van der Waals surface area (Å²) in [6, 6.07) is 14.7. The normalized spacial score (nSPS) is 18.5. The molecule has 2 aromatic rings. The van der Waals surface area contributed by atoms with Crippen molar-refractivity contribution < 1.29 is 14.7 Å². The van der Waals surface area contributed by atoms with Gasteiger partial charge in [-0.1, -0.05) is 40.2 Å². The Balaban J connectivity index is 1.37. The van der Waals surface area contributed by atoms with Crippen molar-refractivity contribution in [3.05, 3.63) is 58.6 Å². The third-order valence-electron chi connectivity index (χ3n) is 5.85. The third-order valence-corrected chi connectivity index (χ3v) is 6.34. The molecule has 5 nitrogen and oxygen atoms in total. The van der Waals surface area contributed by atoms with E-state index < -0.39 is 0 Å². The SMILES string of the molecule is O=C(Nc1ccccc1O)C1CCN(C(=O)C2(c3cccc(Br)c3)CC2)CC1. The Labute approximate surface area is 172 Å². The molecular formula is C22H23BrN2O3. The minimum absolute atomic E-state index is 0.0631. The maximum absolute atomic E-state index is 13.2.